The second-order valence-electron chi connectivity index (χ2n) is 6.73. The molecule has 1 aliphatic heterocycles. The van der Waals surface area contributed by atoms with Gasteiger partial charge in [-0.2, -0.15) is 0 Å². The van der Waals surface area contributed by atoms with Crippen LogP contribution in [0.25, 0.3) is 0 Å². The van der Waals surface area contributed by atoms with Crippen LogP contribution in [-0.2, 0) is 17.9 Å². The van der Waals surface area contributed by atoms with Crippen molar-refractivity contribution >= 4 is 30.7 Å². The first kappa shape index (κ1) is 23.1. The van der Waals surface area contributed by atoms with Gasteiger partial charge in [0.2, 0.25) is 5.91 Å². The van der Waals surface area contributed by atoms with Gasteiger partial charge in [-0.15, -0.1) is 24.8 Å². The van der Waals surface area contributed by atoms with Crippen molar-refractivity contribution in [3.63, 3.8) is 0 Å². The van der Waals surface area contributed by atoms with Gasteiger partial charge in [0.1, 0.15) is 0 Å². The monoisotopic (exact) mass is 377 g/mol. The number of hydrogen-bond donors (Lipinski definition) is 3. The maximum atomic E-state index is 11.7. The number of halogens is 2. The van der Waals surface area contributed by atoms with Crippen LogP contribution in [0.4, 0.5) is 0 Å². The molecule has 138 valence electrons. The van der Waals surface area contributed by atoms with Crippen LogP contribution < -0.4 is 11.1 Å². The average molecular weight is 378 g/mol. The number of rotatable bonds is 5. The molecule has 1 aromatic carbocycles. The van der Waals surface area contributed by atoms with Crippen molar-refractivity contribution in [1.29, 1.82) is 0 Å². The molecule has 1 aromatic rings. The zero-order chi connectivity index (χ0) is 16.2. The van der Waals surface area contributed by atoms with E-state index >= 15 is 0 Å². The molecule has 1 fully saturated rings. The van der Waals surface area contributed by atoms with E-state index in [0.717, 1.165) is 38.0 Å². The van der Waals surface area contributed by atoms with Crippen LogP contribution in [0.1, 0.15) is 37.8 Å². The Bertz CT molecular complexity index is 496. The molecule has 24 heavy (non-hydrogen) atoms. The summed E-state index contributed by atoms with van der Waals surface area (Å²) in [4.78, 5) is 14.1. The number of likely N-dealkylation sites (tertiary alicyclic amines) is 1. The van der Waals surface area contributed by atoms with Gasteiger partial charge in [0, 0.05) is 26.2 Å². The number of piperidine rings is 1. The number of aliphatic hydroxyl groups excluding tert-OH is 1. The van der Waals surface area contributed by atoms with Gasteiger partial charge in [0.05, 0.1) is 11.6 Å². The van der Waals surface area contributed by atoms with Crippen molar-refractivity contribution in [3.05, 3.63) is 35.4 Å². The van der Waals surface area contributed by atoms with Gasteiger partial charge in [0.25, 0.3) is 0 Å². The van der Waals surface area contributed by atoms with Gasteiger partial charge in [-0.1, -0.05) is 24.3 Å². The molecule has 0 saturated carbocycles. The highest BCUT2D eigenvalue weighted by Gasteiger charge is 2.21. The fraction of sp³-hybridized carbons (Fsp3) is 0.588. The van der Waals surface area contributed by atoms with E-state index in [1.165, 1.54) is 5.56 Å². The smallest absolute Gasteiger partial charge is 0.239 e. The van der Waals surface area contributed by atoms with E-state index in [9.17, 15) is 9.90 Å². The lowest BCUT2D eigenvalue weighted by Crippen LogP contribution is -2.48. The predicted octanol–water partition coefficient (Wildman–Crippen LogP) is 1.84. The largest absolute Gasteiger partial charge is 0.393 e. The Morgan fingerprint density at radius 3 is 2.21 bits per heavy atom. The molecule has 0 atom stereocenters. The molecule has 7 heteroatoms. The summed E-state index contributed by atoms with van der Waals surface area (Å²) in [5.41, 5.74) is 7.22. The molecule has 0 aromatic heterocycles. The van der Waals surface area contributed by atoms with E-state index in [1.807, 2.05) is 12.1 Å². The van der Waals surface area contributed by atoms with Crippen molar-refractivity contribution in [2.45, 2.75) is 51.4 Å². The summed E-state index contributed by atoms with van der Waals surface area (Å²) in [6.07, 6.45) is 1.59. The van der Waals surface area contributed by atoms with E-state index in [2.05, 4.69) is 22.3 Å². The zero-order valence-corrected chi connectivity index (χ0v) is 16.0. The van der Waals surface area contributed by atoms with Crippen molar-refractivity contribution in [1.82, 2.24) is 10.2 Å². The molecule has 1 amide bonds. The van der Waals surface area contributed by atoms with Crippen LogP contribution in [0, 0.1) is 0 Å². The van der Waals surface area contributed by atoms with Crippen LogP contribution in [-0.4, -0.2) is 40.6 Å². The quantitative estimate of drug-likeness (QED) is 0.731. The van der Waals surface area contributed by atoms with E-state index in [4.69, 9.17) is 5.73 Å². The standard InChI is InChI=1S/C17H27N3O2.2ClH/c1-17(2,18)16(22)19-11-13-3-5-14(6-4-13)12-20-9-7-15(21)8-10-20;;/h3-6,15,21H,7-12,18H2,1-2H3,(H,19,22);2*1H. The third kappa shape index (κ3) is 7.36. The average Bonchev–Trinajstić information content (AvgIpc) is 2.47. The molecular formula is C17H29Cl2N3O2. The van der Waals surface area contributed by atoms with Crippen LogP contribution in [0.15, 0.2) is 24.3 Å². The van der Waals surface area contributed by atoms with Gasteiger partial charge < -0.3 is 16.2 Å². The van der Waals surface area contributed by atoms with E-state index in [-0.39, 0.29) is 36.8 Å². The number of carbonyl (C=O) groups excluding carboxylic acids is 1. The minimum atomic E-state index is -0.848. The summed E-state index contributed by atoms with van der Waals surface area (Å²) in [6.45, 7) is 6.70. The van der Waals surface area contributed by atoms with Crippen molar-refractivity contribution in [3.8, 4) is 0 Å². The molecule has 2 rings (SSSR count). The molecule has 0 radical (unpaired) electrons. The zero-order valence-electron chi connectivity index (χ0n) is 14.3. The molecule has 0 spiro atoms. The highest BCUT2D eigenvalue weighted by molar-refractivity contribution is 5.85. The van der Waals surface area contributed by atoms with Gasteiger partial charge in [-0.3, -0.25) is 9.69 Å². The number of nitrogens with two attached hydrogens (primary N) is 1. The van der Waals surface area contributed by atoms with Crippen molar-refractivity contribution in [2.24, 2.45) is 5.73 Å². The normalized spacial score (nSPS) is 16.0. The number of amides is 1. The van der Waals surface area contributed by atoms with Gasteiger partial charge in [-0.25, -0.2) is 0 Å². The first-order valence-electron chi connectivity index (χ1n) is 7.90. The third-order valence-corrected chi connectivity index (χ3v) is 4.02. The number of benzene rings is 1. The number of hydrogen-bond acceptors (Lipinski definition) is 4. The molecule has 4 N–H and O–H groups in total. The Balaban J connectivity index is 0.00000264. The molecule has 1 heterocycles. The van der Waals surface area contributed by atoms with E-state index < -0.39 is 5.54 Å². The molecule has 5 nitrogen and oxygen atoms in total. The minimum Gasteiger partial charge on any atom is -0.393 e. The molecule has 1 saturated heterocycles. The highest BCUT2D eigenvalue weighted by atomic mass is 35.5. The maximum absolute atomic E-state index is 11.7. The summed E-state index contributed by atoms with van der Waals surface area (Å²) in [7, 11) is 0. The summed E-state index contributed by atoms with van der Waals surface area (Å²) < 4.78 is 0. The topological polar surface area (TPSA) is 78.6 Å². The maximum Gasteiger partial charge on any atom is 0.239 e. The summed E-state index contributed by atoms with van der Waals surface area (Å²) in [6, 6.07) is 8.27. The Morgan fingerprint density at radius 2 is 1.71 bits per heavy atom. The van der Waals surface area contributed by atoms with Gasteiger partial charge in [0.15, 0.2) is 0 Å². The number of nitrogens with zero attached hydrogens (tertiary/aromatic N) is 1. The number of carbonyl (C=O) groups is 1. The third-order valence-electron chi connectivity index (χ3n) is 4.02. The van der Waals surface area contributed by atoms with Gasteiger partial charge >= 0.3 is 0 Å². The van der Waals surface area contributed by atoms with Gasteiger partial charge in [-0.05, 0) is 37.8 Å². The highest BCUT2D eigenvalue weighted by Crippen LogP contribution is 2.14. The molecule has 0 bridgehead atoms. The second kappa shape index (κ2) is 10.2. The number of nitrogens with one attached hydrogen (secondary N) is 1. The molecular weight excluding hydrogens is 349 g/mol. The summed E-state index contributed by atoms with van der Waals surface area (Å²) >= 11 is 0. The fourth-order valence-electron chi connectivity index (χ4n) is 2.51. The lowest BCUT2D eigenvalue weighted by Gasteiger charge is -2.29. The summed E-state index contributed by atoms with van der Waals surface area (Å²) in [5.74, 6) is -0.150. The van der Waals surface area contributed by atoms with Crippen LogP contribution in [0.3, 0.4) is 0 Å². The Kier molecular flexibility index (Phi) is 9.85. The van der Waals surface area contributed by atoms with Crippen LogP contribution in [0.5, 0.6) is 0 Å². The van der Waals surface area contributed by atoms with Crippen LogP contribution in [0.2, 0.25) is 0 Å². The minimum absolute atomic E-state index is 0. The SMILES string of the molecule is CC(C)(N)C(=O)NCc1ccc(CN2CCC(O)CC2)cc1.Cl.Cl. The number of aliphatic hydroxyl groups is 1. The second-order valence-corrected chi connectivity index (χ2v) is 6.73. The molecule has 0 unspecified atom stereocenters. The Hall–Kier alpha value is -0.850. The molecule has 0 aliphatic carbocycles. The Labute approximate surface area is 156 Å². The Morgan fingerprint density at radius 1 is 1.21 bits per heavy atom. The van der Waals surface area contributed by atoms with E-state index in [0.29, 0.717) is 6.54 Å². The van der Waals surface area contributed by atoms with Crippen LogP contribution >= 0.6 is 24.8 Å². The predicted molar refractivity (Wildman–Crippen MR) is 102 cm³/mol. The lowest BCUT2D eigenvalue weighted by molar-refractivity contribution is -0.125. The first-order valence-corrected chi connectivity index (χ1v) is 7.90. The van der Waals surface area contributed by atoms with Crippen molar-refractivity contribution in [2.75, 3.05) is 13.1 Å². The van der Waals surface area contributed by atoms with Crippen molar-refractivity contribution < 1.29 is 9.90 Å². The van der Waals surface area contributed by atoms with E-state index in [1.54, 1.807) is 13.8 Å². The first-order chi connectivity index (χ1) is 10.3. The lowest BCUT2D eigenvalue weighted by atomic mass is 10.1. The molecule has 1 aliphatic rings. The summed E-state index contributed by atoms with van der Waals surface area (Å²) in [5, 5.41) is 12.4. The fourth-order valence-corrected chi connectivity index (χ4v) is 2.51.